The van der Waals surface area contributed by atoms with Crippen LogP contribution in [0.25, 0.3) is 0 Å². The number of nitrogen functional groups attached to an aromatic ring is 1. The third kappa shape index (κ3) is 4.11. The second-order valence-electron chi connectivity index (χ2n) is 5.97. The van der Waals surface area contributed by atoms with Crippen LogP contribution in [-0.2, 0) is 10.0 Å². The number of hydrogen-bond donors (Lipinski definition) is 3. The minimum atomic E-state index is -3.51. The number of hydrogen-bond acceptors (Lipinski definition) is 4. The third-order valence-electron chi connectivity index (χ3n) is 4.28. The van der Waals surface area contributed by atoms with Crippen molar-refractivity contribution in [2.75, 3.05) is 24.6 Å². The van der Waals surface area contributed by atoms with Crippen molar-refractivity contribution in [3.8, 4) is 0 Å². The molecular weight excluding hydrogens is 286 g/mol. The Balaban J connectivity index is 2.10. The van der Waals surface area contributed by atoms with Gasteiger partial charge in [-0.25, -0.2) is 13.1 Å². The molecule has 0 saturated heterocycles. The number of sulfonamides is 1. The number of nitrogens with one attached hydrogen (secondary N) is 2. The van der Waals surface area contributed by atoms with Gasteiger partial charge in [-0.15, -0.1) is 0 Å². The molecule has 0 spiro atoms. The van der Waals surface area contributed by atoms with Gasteiger partial charge in [0, 0.05) is 12.2 Å². The Morgan fingerprint density at radius 3 is 2.52 bits per heavy atom. The average Bonchev–Trinajstić information content (AvgIpc) is 2.47. The smallest absolute Gasteiger partial charge is 0.242 e. The highest BCUT2D eigenvalue weighted by Crippen LogP contribution is 2.29. The van der Waals surface area contributed by atoms with E-state index in [1.807, 2.05) is 0 Å². The Labute approximate surface area is 127 Å². The van der Waals surface area contributed by atoms with E-state index in [2.05, 4.69) is 17.0 Å². The standard InChI is InChI=1S/C15H25N3O2S/c1-11-3-5-12(6-4-11)10-18-14-8-7-13(16)9-15(14)21(19,20)17-2/h7-9,11-12,17-18H,3-6,10,16H2,1-2H3. The van der Waals surface area contributed by atoms with Crippen LogP contribution in [0.2, 0.25) is 0 Å². The van der Waals surface area contributed by atoms with Crippen LogP contribution in [0.4, 0.5) is 11.4 Å². The fraction of sp³-hybridized carbons (Fsp3) is 0.600. The highest BCUT2D eigenvalue weighted by atomic mass is 32.2. The van der Waals surface area contributed by atoms with Crippen molar-refractivity contribution >= 4 is 21.4 Å². The van der Waals surface area contributed by atoms with Crippen molar-refractivity contribution in [3.05, 3.63) is 18.2 Å². The lowest BCUT2D eigenvalue weighted by atomic mass is 9.83. The zero-order valence-electron chi connectivity index (χ0n) is 12.7. The number of rotatable bonds is 5. The molecule has 0 amide bonds. The molecule has 2 rings (SSSR count). The first-order valence-electron chi connectivity index (χ1n) is 7.49. The van der Waals surface area contributed by atoms with Gasteiger partial charge in [0.2, 0.25) is 10.0 Å². The zero-order valence-corrected chi connectivity index (χ0v) is 13.5. The largest absolute Gasteiger partial charge is 0.399 e. The van der Waals surface area contributed by atoms with Crippen LogP contribution in [0.15, 0.2) is 23.1 Å². The molecular formula is C15H25N3O2S. The van der Waals surface area contributed by atoms with Crippen LogP contribution in [0.5, 0.6) is 0 Å². The molecule has 1 saturated carbocycles. The van der Waals surface area contributed by atoms with Crippen LogP contribution in [0, 0.1) is 11.8 Å². The van der Waals surface area contributed by atoms with Crippen LogP contribution in [-0.4, -0.2) is 22.0 Å². The second kappa shape index (κ2) is 6.66. The van der Waals surface area contributed by atoms with Crippen molar-refractivity contribution in [2.45, 2.75) is 37.5 Å². The summed E-state index contributed by atoms with van der Waals surface area (Å²) in [5.41, 5.74) is 6.78. The maximum absolute atomic E-state index is 12.1. The highest BCUT2D eigenvalue weighted by Gasteiger charge is 2.20. The lowest BCUT2D eigenvalue weighted by Gasteiger charge is -2.27. The molecule has 0 unspecified atom stereocenters. The third-order valence-corrected chi connectivity index (χ3v) is 5.73. The Morgan fingerprint density at radius 1 is 1.24 bits per heavy atom. The van der Waals surface area contributed by atoms with E-state index in [1.54, 1.807) is 12.1 Å². The van der Waals surface area contributed by atoms with E-state index in [-0.39, 0.29) is 4.90 Å². The van der Waals surface area contributed by atoms with Crippen LogP contribution < -0.4 is 15.8 Å². The van der Waals surface area contributed by atoms with E-state index in [0.29, 0.717) is 17.3 Å². The van der Waals surface area contributed by atoms with E-state index in [4.69, 9.17) is 5.73 Å². The number of anilines is 2. The molecule has 1 aliphatic carbocycles. The van der Waals surface area contributed by atoms with Gasteiger partial charge in [0.1, 0.15) is 4.90 Å². The highest BCUT2D eigenvalue weighted by molar-refractivity contribution is 7.89. The first-order valence-corrected chi connectivity index (χ1v) is 8.97. The average molecular weight is 311 g/mol. The first-order chi connectivity index (χ1) is 9.92. The monoisotopic (exact) mass is 311 g/mol. The molecule has 21 heavy (non-hydrogen) atoms. The first kappa shape index (κ1) is 16.1. The number of benzene rings is 1. The topological polar surface area (TPSA) is 84.2 Å². The van der Waals surface area contributed by atoms with Crippen molar-refractivity contribution in [2.24, 2.45) is 11.8 Å². The summed E-state index contributed by atoms with van der Waals surface area (Å²) >= 11 is 0. The van der Waals surface area contributed by atoms with Crippen molar-refractivity contribution in [3.63, 3.8) is 0 Å². The molecule has 4 N–H and O–H groups in total. The van der Waals surface area contributed by atoms with Gasteiger partial charge in [0.15, 0.2) is 0 Å². The summed E-state index contributed by atoms with van der Waals surface area (Å²) in [5, 5.41) is 3.29. The lowest BCUT2D eigenvalue weighted by molar-refractivity contribution is 0.300. The van der Waals surface area contributed by atoms with Gasteiger partial charge in [0.25, 0.3) is 0 Å². The fourth-order valence-corrected chi connectivity index (χ4v) is 3.75. The van der Waals surface area contributed by atoms with E-state index < -0.39 is 10.0 Å². The van der Waals surface area contributed by atoms with E-state index in [0.717, 1.165) is 12.5 Å². The summed E-state index contributed by atoms with van der Waals surface area (Å²) in [5.74, 6) is 1.43. The Bertz CT molecular complexity index is 579. The molecule has 0 aliphatic heterocycles. The van der Waals surface area contributed by atoms with Gasteiger partial charge < -0.3 is 11.1 Å². The number of nitrogens with two attached hydrogens (primary N) is 1. The SMILES string of the molecule is CNS(=O)(=O)c1cc(N)ccc1NCC1CCC(C)CC1. The summed E-state index contributed by atoms with van der Waals surface area (Å²) in [6.45, 7) is 3.10. The maximum atomic E-state index is 12.1. The molecule has 118 valence electrons. The minimum Gasteiger partial charge on any atom is -0.399 e. The summed E-state index contributed by atoms with van der Waals surface area (Å²) in [7, 11) is -2.10. The fourth-order valence-electron chi connectivity index (χ4n) is 2.80. The lowest BCUT2D eigenvalue weighted by Crippen LogP contribution is -2.23. The van der Waals surface area contributed by atoms with Gasteiger partial charge in [-0.3, -0.25) is 0 Å². The van der Waals surface area contributed by atoms with Gasteiger partial charge in [0.05, 0.1) is 5.69 Å². The molecule has 1 aliphatic rings. The van der Waals surface area contributed by atoms with Crippen molar-refractivity contribution in [1.29, 1.82) is 0 Å². The zero-order chi connectivity index (χ0) is 15.5. The van der Waals surface area contributed by atoms with Gasteiger partial charge in [-0.05, 0) is 49.9 Å². The molecule has 5 nitrogen and oxygen atoms in total. The summed E-state index contributed by atoms with van der Waals surface area (Å²) in [6.07, 6.45) is 4.93. The van der Waals surface area contributed by atoms with Crippen LogP contribution >= 0.6 is 0 Å². The molecule has 6 heteroatoms. The molecule has 0 heterocycles. The van der Waals surface area contributed by atoms with E-state index in [1.165, 1.54) is 38.8 Å². The van der Waals surface area contributed by atoms with E-state index in [9.17, 15) is 8.42 Å². The van der Waals surface area contributed by atoms with Crippen LogP contribution in [0.1, 0.15) is 32.6 Å². The minimum absolute atomic E-state index is 0.217. The van der Waals surface area contributed by atoms with Crippen molar-refractivity contribution < 1.29 is 8.42 Å². The second-order valence-corrected chi connectivity index (χ2v) is 7.82. The quantitative estimate of drug-likeness (QED) is 0.729. The molecule has 0 aromatic heterocycles. The summed E-state index contributed by atoms with van der Waals surface area (Å²) < 4.78 is 26.5. The van der Waals surface area contributed by atoms with Gasteiger partial charge in [-0.1, -0.05) is 19.8 Å². The summed E-state index contributed by atoms with van der Waals surface area (Å²) in [4.78, 5) is 0.217. The predicted molar refractivity (Wildman–Crippen MR) is 86.7 cm³/mol. The van der Waals surface area contributed by atoms with Crippen molar-refractivity contribution in [1.82, 2.24) is 4.72 Å². The molecule has 0 radical (unpaired) electrons. The molecule has 0 bridgehead atoms. The van der Waals surface area contributed by atoms with E-state index >= 15 is 0 Å². The van der Waals surface area contributed by atoms with Crippen LogP contribution in [0.3, 0.4) is 0 Å². The molecule has 1 aromatic rings. The summed E-state index contributed by atoms with van der Waals surface area (Å²) in [6, 6.07) is 4.96. The Kier molecular flexibility index (Phi) is 5.11. The normalized spacial score (nSPS) is 23.0. The predicted octanol–water partition coefficient (Wildman–Crippen LogP) is 2.42. The Hall–Kier alpha value is -1.27. The Morgan fingerprint density at radius 2 is 1.90 bits per heavy atom. The molecule has 1 aromatic carbocycles. The van der Waals surface area contributed by atoms with Gasteiger partial charge in [-0.2, -0.15) is 0 Å². The molecule has 1 fully saturated rings. The maximum Gasteiger partial charge on any atom is 0.242 e. The van der Waals surface area contributed by atoms with Gasteiger partial charge >= 0.3 is 0 Å². The molecule has 0 atom stereocenters.